The maximum Gasteiger partial charge on any atom is 0.290 e. The Labute approximate surface area is 166 Å². The van der Waals surface area contributed by atoms with E-state index in [2.05, 4.69) is 15.5 Å². The molecule has 2 aromatic rings. The van der Waals surface area contributed by atoms with Gasteiger partial charge in [0.15, 0.2) is 0 Å². The molecule has 10 heteroatoms. The molecule has 0 saturated carbocycles. The number of carbonyl (C=O) groups excluding carboxylic acids is 3. The Kier molecular flexibility index (Phi) is 5.93. The van der Waals surface area contributed by atoms with Gasteiger partial charge in [-0.3, -0.25) is 14.4 Å². The van der Waals surface area contributed by atoms with Gasteiger partial charge in [0.05, 0.1) is 12.5 Å². The predicted octanol–water partition coefficient (Wildman–Crippen LogP) is 1.75. The van der Waals surface area contributed by atoms with Crippen molar-refractivity contribution in [3.8, 4) is 0 Å². The third-order valence-corrected chi connectivity index (χ3v) is 4.80. The van der Waals surface area contributed by atoms with Gasteiger partial charge < -0.3 is 20.5 Å². The molecule has 9 nitrogen and oxygen atoms in total. The van der Waals surface area contributed by atoms with Gasteiger partial charge in [0, 0.05) is 18.5 Å². The van der Waals surface area contributed by atoms with Crippen molar-refractivity contribution in [2.75, 3.05) is 6.54 Å². The quantitative estimate of drug-likeness (QED) is 0.752. The number of nitrogens with two attached hydrogens (primary N) is 1. The summed E-state index contributed by atoms with van der Waals surface area (Å²) >= 11 is 5.92. The molecular weight excluding hydrogens is 386 g/mol. The van der Waals surface area contributed by atoms with Crippen LogP contribution < -0.4 is 11.1 Å². The van der Waals surface area contributed by atoms with E-state index in [9.17, 15) is 14.4 Å². The Bertz CT molecular complexity index is 882. The molecule has 0 unspecified atom stereocenters. The number of halogens is 1. The fourth-order valence-corrected chi connectivity index (χ4v) is 3.40. The topological polar surface area (TPSA) is 131 Å². The number of likely N-dealkylation sites (tertiary alicyclic amines) is 1. The van der Waals surface area contributed by atoms with E-state index < -0.39 is 18.0 Å². The van der Waals surface area contributed by atoms with E-state index >= 15 is 0 Å². The summed E-state index contributed by atoms with van der Waals surface area (Å²) in [7, 11) is 0. The molecule has 0 spiro atoms. The van der Waals surface area contributed by atoms with Crippen LogP contribution in [0, 0.1) is 0 Å². The van der Waals surface area contributed by atoms with Crippen molar-refractivity contribution in [1.29, 1.82) is 0 Å². The number of amides is 3. The summed E-state index contributed by atoms with van der Waals surface area (Å²) in [4.78, 5) is 41.4. The second-order valence-corrected chi connectivity index (χ2v) is 7.01. The molecular formula is C18H20ClN5O4. The average Bonchev–Trinajstić information content (AvgIpc) is 3.30. The van der Waals surface area contributed by atoms with Crippen LogP contribution in [-0.4, -0.2) is 39.3 Å². The molecule has 1 fully saturated rings. The monoisotopic (exact) mass is 405 g/mol. The summed E-state index contributed by atoms with van der Waals surface area (Å²) < 4.78 is 5.12. The van der Waals surface area contributed by atoms with Crippen molar-refractivity contribution in [2.45, 2.75) is 38.3 Å². The molecule has 2 atom stereocenters. The number of nitrogens with zero attached hydrogens (tertiary/aromatic N) is 3. The van der Waals surface area contributed by atoms with Crippen LogP contribution in [0.25, 0.3) is 0 Å². The number of carbonyl (C=O) groups is 3. The molecule has 1 aliphatic rings. The molecule has 28 heavy (non-hydrogen) atoms. The minimum atomic E-state index is -0.792. The van der Waals surface area contributed by atoms with Crippen molar-refractivity contribution in [3.63, 3.8) is 0 Å². The first-order chi connectivity index (χ1) is 13.3. The molecule has 0 aliphatic carbocycles. The average molecular weight is 406 g/mol. The number of hydrogen-bond donors (Lipinski definition) is 2. The summed E-state index contributed by atoms with van der Waals surface area (Å²) in [5, 5.41) is 6.91. The number of hydrogen-bond acceptors (Lipinski definition) is 6. The first kappa shape index (κ1) is 19.8. The van der Waals surface area contributed by atoms with Gasteiger partial charge in [0.2, 0.25) is 17.7 Å². The number of nitrogens with one attached hydrogen (secondary N) is 1. The van der Waals surface area contributed by atoms with Crippen LogP contribution in [0.5, 0.6) is 0 Å². The summed E-state index contributed by atoms with van der Waals surface area (Å²) in [6.07, 6.45) is 1.46. The molecule has 0 radical (unpaired) electrons. The summed E-state index contributed by atoms with van der Waals surface area (Å²) in [6.45, 7) is 1.92. The Morgan fingerprint density at radius 1 is 1.36 bits per heavy atom. The van der Waals surface area contributed by atoms with Crippen LogP contribution in [0.15, 0.2) is 28.8 Å². The van der Waals surface area contributed by atoms with E-state index in [-0.39, 0.29) is 30.0 Å². The molecule has 3 amide bonds. The maximum atomic E-state index is 13.0. The maximum absolute atomic E-state index is 13.0. The van der Waals surface area contributed by atoms with Crippen LogP contribution in [0.4, 0.5) is 0 Å². The van der Waals surface area contributed by atoms with Crippen LogP contribution in [0.1, 0.15) is 60.3 Å². The van der Waals surface area contributed by atoms with Crippen LogP contribution >= 0.6 is 11.6 Å². The first-order valence-electron chi connectivity index (χ1n) is 8.80. The van der Waals surface area contributed by atoms with Crippen molar-refractivity contribution < 1.29 is 18.9 Å². The third kappa shape index (κ3) is 4.48. The van der Waals surface area contributed by atoms with Gasteiger partial charge >= 0.3 is 0 Å². The van der Waals surface area contributed by atoms with Gasteiger partial charge in [-0.25, -0.2) is 0 Å². The highest BCUT2D eigenvalue weighted by molar-refractivity contribution is 6.30. The molecule has 1 aromatic carbocycles. The fraction of sp³-hybridized carbons (Fsp3) is 0.389. The van der Waals surface area contributed by atoms with E-state index in [0.29, 0.717) is 18.0 Å². The number of benzene rings is 1. The highest BCUT2D eigenvalue weighted by Gasteiger charge is 2.35. The van der Waals surface area contributed by atoms with Gasteiger partial charge in [-0.05, 0) is 30.5 Å². The van der Waals surface area contributed by atoms with Crippen molar-refractivity contribution in [1.82, 2.24) is 20.4 Å². The van der Waals surface area contributed by atoms with E-state index in [1.165, 1.54) is 6.92 Å². The lowest BCUT2D eigenvalue weighted by atomic mass is 10.0. The summed E-state index contributed by atoms with van der Waals surface area (Å²) in [5.41, 5.74) is 5.93. The molecule has 1 aliphatic heterocycles. The van der Waals surface area contributed by atoms with E-state index in [4.69, 9.17) is 21.9 Å². The lowest BCUT2D eigenvalue weighted by Crippen LogP contribution is -2.35. The van der Waals surface area contributed by atoms with Gasteiger partial charge in [-0.15, -0.1) is 0 Å². The minimum absolute atomic E-state index is 0.0640. The van der Waals surface area contributed by atoms with Gasteiger partial charge in [0.25, 0.3) is 11.7 Å². The van der Waals surface area contributed by atoms with Crippen LogP contribution in [0.2, 0.25) is 5.02 Å². The number of primary amides is 1. The number of aromatic nitrogens is 2. The zero-order valence-corrected chi connectivity index (χ0v) is 16.0. The predicted molar refractivity (Wildman–Crippen MR) is 99.1 cm³/mol. The van der Waals surface area contributed by atoms with E-state index in [1.54, 1.807) is 29.2 Å². The molecule has 148 valence electrons. The van der Waals surface area contributed by atoms with Gasteiger partial charge in [0.1, 0.15) is 6.04 Å². The van der Waals surface area contributed by atoms with Crippen molar-refractivity contribution >= 4 is 29.3 Å². The SMILES string of the molecule is CC(=O)N[C@@H](CC(=O)N1CCC[C@@H]1c1nc(C(N)=O)no1)c1ccc(Cl)cc1. The largest absolute Gasteiger partial charge is 0.363 e. The second kappa shape index (κ2) is 8.39. The van der Waals surface area contributed by atoms with Crippen LogP contribution in [0.3, 0.4) is 0 Å². The number of rotatable bonds is 6. The zero-order valence-electron chi connectivity index (χ0n) is 15.2. The van der Waals surface area contributed by atoms with Crippen molar-refractivity contribution in [3.05, 3.63) is 46.6 Å². The minimum Gasteiger partial charge on any atom is -0.363 e. The summed E-state index contributed by atoms with van der Waals surface area (Å²) in [5.74, 6) is -1.24. The molecule has 3 rings (SSSR count). The Balaban J connectivity index is 1.76. The second-order valence-electron chi connectivity index (χ2n) is 6.57. The molecule has 2 heterocycles. The molecule has 0 bridgehead atoms. The van der Waals surface area contributed by atoms with Crippen molar-refractivity contribution in [2.24, 2.45) is 5.73 Å². The Morgan fingerprint density at radius 3 is 2.68 bits per heavy atom. The molecule has 1 saturated heterocycles. The Morgan fingerprint density at radius 2 is 2.07 bits per heavy atom. The fourth-order valence-electron chi connectivity index (χ4n) is 3.28. The highest BCUT2D eigenvalue weighted by atomic mass is 35.5. The normalized spacial score (nSPS) is 17.4. The third-order valence-electron chi connectivity index (χ3n) is 4.55. The lowest BCUT2D eigenvalue weighted by Gasteiger charge is -2.25. The first-order valence-corrected chi connectivity index (χ1v) is 9.18. The standard InChI is InChI=1S/C18H20ClN5O4/c1-10(25)21-13(11-4-6-12(19)7-5-11)9-15(26)24-8-2-3-14(24)18-22-17(16(20)27)23-28-18/h4-7,13-14H,2-3,8-9H2,1H3,(H2,20,27)(H,21,25)/t13-,14+/m0/s1. The van der Waals surface area contributed by atoms with E-state index in [0.717, 1.165) is 12.0 Å². The van der Waals surface area contributed by atoms with Gasteiger partial charge in [-0.2, -0.15) is 4.98 Å². The smallest absolute Gasteiger partial charge is 0.290 e. The molecule has 3 N–H and O–H groups in total. The highest BCUT2D eigenvalue weighted by Crippen LogP contribution is 2.32. The zero-order chi connectivity index (χ0) is 20.3. The van der Waals surface area contributed by atoms with Gasteiger partial charge in [-0.1, -0.05) is 28.9 Å². The van der Waals surface area contributed by atoms with E-state index in [1.807, 2.05) is 0 Å². The van der Waals surface area contributed by atoms with Crippen LogP contribution in [-0.2, 0) is 9.59 Å². The summed E-state index contributed by atoms with van der Waals surface area (Å²) in [6, 6.07) is 6.05. The lowest BCUT2D eigenvalue weighted by molar-refractivity contribution is -0.133. The molecule has 1 aromatic heterocycles. The Hall–Kier alpha value is -2.94.